The maximum Gasteiger partial charge on any atom is 0.314 e. The second kappa shape index (κ2) is 5.21. The molecule has 3 heteroatoms. The van der Waals surface area contributed by atoms with Gasteiger partial charge in [0.15, 0.2) is 0 Å². The predicted octanol–water partition coefficient (Wildman–Crippen LogP) is 3.20. The molecule has 0 amide bonds. The maximum absolute atomic E-state index is 12.2. The van der Waals surface area contributed by atoms with E-state index in [1.54, 1.807) is 12.2 Å². The van der Waals surface area contributed by atoms with Crippen LogP contribution in [0.3, 0.4) is 0 Å². The number of carbonyl (C=O) groups excluding carboxylic acids is 1. The van der Waals surface area contributed by atoms with Crippen LogP contribution in [0.15, 0.2) is 24.5 Å². The number of carbonyl (C=O) groups is 1. The summed E-state index contributed by atoms with van der Waals surface area (Å²) in [5.74, 6) is 2.94. The molecule has 3 nitrogen and oxygen atoms in total. The molecule has 4 saturated carbocycles. The molecule has 0 spiro atoms. The van der Waals surface area contributed by atoms with Gasteiger partial charge in [-0.2, -0.15) is 5.26 Å². The van der Waals surface area contributed by atoms with Crippen LogP contribution in [-0.4, -0.2) is 5.97 Å². The Kier molecular flexibility index (Phi) is 3.42. The Morgan fingerprint density at radius 3 is 2.26 bits per heavy atom. The van der Waals surface area contributed by atoms with Gasteiger partial charge in [-0.1, -0.05) is 0 Å². The molecule has 0 aromatic carbocycles. The Bertz CT molecular complexity index is 430. The van der Waals surface area contributed by atoms with E-state index in [9.17, 15) is 4.79 Å². The molecule has 0 unspecified atom stereocenters. The average Bonchev–Trinajstić information content (AvgIpc) is 2.37. The Morgan fingerprint density at radius 1 is 1.05 bits per heavy atom. The SMILES string of the molecule is N#C/C=C/C=C/OC(=O)C1C2CC3CC(C2)CC1C3. The van der Waals surface area contributed by atoms with E-state index in [1.807, 2.05) is 6.07 Å². The van der Waals surface area contributed by atoms with E-state index < -0.39 is 0 Å². The number of hydrogen-bond donors (Lipinski definition) is 0. The second-order valence-electron chi connectivity index (χ2n) is 6.21. The minimum absolute atomic E-state index is 0.0598. The number of ether oxygens (including phenoxy) is 1. The lowest BCUT2D eigenvalue weighted by atomic mass is 9.52. The zero-order valence-electron chi connectivity index (χ0n) is 11.0. The summed E-state index contributed by atoms with van der Waals surface area (Å²) in [5.41, 5.74) is 0. The highest BCUT2D eigenvalue weighted by molar-refractivity contribution is 5.74. The predicted molar refractivity (Wildman–Crippen MR) is 70.5 cm³/mol. The molecule has 4 rings (SSSR count). The normalized spacial score (nSPS) is 39.8. The highest BCUT2D eigenvalue weighted by Crippen LogP contribution is 2.56. The first-order valence-corrected chi connectivity index (χ1v) is 7.19. The number of esters is 1. The van der Waals surface area contributed by atoms with Crippen molar-refractivity contribution < 1.29 is 9.53 Å². The Morgan fingerprint density at radius 2 is 1.68 bits per heavy atom. The van der Waals surface area contributed by atoms with Crippen LogP contribution in [0.25, 0.3) is 0 Å². The van der Waals surface area contributed by atoms with Gasteiger partial charge in [0.25, 0.3) is 0 Å². The molecular formula is C16H19NO2. The van der Waals surface area contributed by atoms with Gasteiger partial charge in [0.05, 0.1) is 18.2 Å². The Hall–Kier alpha value is -1.56. The van der Waals surface area contributed by atoms with Gasteiger partial charge in [-0.05, 0) is 67.9 Å². The van der Waals surface area contributed by atoms with Crippen LogP contribution in [0, 0.1) is 40.9 Å². The number of rotatable bonds is 3. The van der Waals surface area contributed by atoms with Gasteiger partial charge >= 0.3 is 5.97 Å². The van der Waals surface area contributed by atoms with Crippen molar-refractivity contribution in [3.05, 3.63) is 24.5 Å². The van der Waals surface area contributed by atoms with E-state index in [2.05, 4.69) is 0 Å². The number of nitrogens with zero attached hydrogens (tertiary/aromatic N) is 1. The van der Waals surface area contributed by atoms with Crippen LogP contribution in [0.2, 0.25) is 0 Å². The minimum atomic E-state index is -0.0598. The Balaban J connectivity index is 1.60. The highest BCUT2D eigenvalue weighted by Gasteiger charge is 2.51. The van der Waals surface area contributed by atoms with Crippen molar-refractivity contribution >= 4 is 5.97 Å². The smallest absolute Gasteiger partial charge is 0.314 e. The summed E-state index contributed by atoms with van der Waals surface area (Å²) in [6.07, 6.45) is 12.2. The third-order valence-corrected chi connectivity index (χ3v) is 5.04. The topological polar surface area (TPSA) is 50.1 Å². The Labute approximate surface area is 113 Å². The lowest BCUT2D eigenvalue weighted by molar-refractivity contribution is -0.156. The van der Waals surface area contributed by atoms with E-state index in [1.165, 1.54) is 44.4 Å². The van der Waals surface area contributed by atoms with Gasteiger partial charge in [0.1, 0.15) is 0 Å². The average molecular weight is 257 g/mol. The van der Waals surface area contributed by atoms with Crippen molar-refractivity contribution in [3.8, 4) is 6.07 Å². The molecule has 100 valence electrons. The summed E-state index contributed by atoms with van der Waals surface area (Å²) in [7, 11) is 0. The van der Waals surface area contributed by atoms with Crippen LogP contribution in [-0.2, 0) is 9.53 Å². The lowest BCUT2D eigenvalue weighted by Crippen LogP contribution is -2.48. The molecule has 4 aliphatic rings. The molecular weight excluding hydrogens is 238 g/mol. The fourth-order valence-electron chi connectivity index (χ4n) is 4.64. The third kappa shape index (κ3) is 2.45. The summed E-state index contributed by atoms with van der Waals surface area (Å²) in [4.78, 5) is 12.2. The summed E-state index contributed by atoms with van der Waals surface area (Å²) in [6, 6.07) is 1.89. The molecule has 0 aliphatic heterocycles. The molecule has 0 N–H and O–H groups in total. The lowest BCUT2D eigenvalue weighted by Gasteiger charge is -2.53. The van der Waals surface area contributed by atoms with Crippen molar-refractivity contribution in [2.45, 2.75) is 32.1 Å². The fourth-order valence-corrected chi connectivity index (χ4v) is 4.64. The van der Waals surface area contributed by atoms with E-state index in [0.29, 0.717) is 11.8 Å². The third-order valence-electron chi connectivity index (χ3n) is 5.04. The van der Waals surface area contributed by atoms with E-state index in [4.69, 9.17) is 10.00 Å². The molecule has 0 aromatic rings. The molecule has 0 atom stereocenters. The molecule has 4 bridgehead atoms. The van der Waals surface area contributed by atoms with Crippen LogP contribution < -0.4 is 0 Å². The fraction of sp³-hybridized carbons (Fsp3) is 0.625. The van der Waals surface area contributed by atoms with E-state index in [0.717, 1.165) is 11.8 Å². The molecule has 4 aliphatic carbocycles. The van der Waals surface area contributed by atoms with Gasteiger partial charge in [0.2, 0.25) is 0 Å². The summed E-state index contributed by atoms with van der Waals surface area (Å²) in [5, 5.41) is 8.34. The van der Waals surface area contributed by atoms with Gasteiger partial charge in [0, 0.05) is 6.08 Å². The van der Waals surface area contributed by atoms with Gasteiger partial charge in [-0.3, -0.25) is 4.79 Å². The summed E-state index contributed by atoms with van der Waals surface area (Å²) < 4.78 is 5.23. The van der Waals surface area contributed by atoms with Crippen LogP contribution in [0.5, 0.6) is 0 Å². The first-order valence-electron chi connectivity index (χ1n) is 7.19. The number of hydrogen-bond acceptors (Lipinski definition) is 3. The first-order chi connectivity index (χ1) is 9.28. The summed E-state index contributed by atoms with van der Waals surface area (Å²) >= 11 is 0. The molecule has 19 heavy (non-hydrogen) atoms. The van der Waals surface area contributed by atoms with Crippen LogP contribution >= 0.6 is 0 Å². The molecule has 0 saturated heterocycles. The standard InChI is InChI=1S/C16H19NO2/c17-4-2-1-3-5-19-16(18)15-13-7-11-6-12(9-13)10-14(15)8-11/h1-3,5,11-15H,6-10H2/b2-1+,5-3+. The minimum Gasteiger partial charge on any atom is -0.434 e. The van der Waals surface area contributed by atoms with Crippen molar-refractivity contribution in [2.24, 2.45) is 29.6 Å². The molecule has 0 aromatic heterocycles. The number of allylic oxidation sites excluding steroid dienone is 3. The van der Waals surface area contributed by atoms with Crippen LogP contribution in [0.1, 0.15) is 32.1 Å². The molecule has 4 fully saturated rings. The van der Waals surface area contributed by atoms with Gasteiger partial charge in [-0.15, -0.1) is 0 Å². The number of nitriles is 1. The van der Waals surface area contributed by atoms with Crippen LogP contribution in [0.4, 0.5) is 0 Å². The highest BCUT2D eigenvalue weighted by atomic mass is 16.5. The first kappa shape index (κ1) is 12.5. The second-order valence-corrected chi connectivity index (χ2v) is 6.21. The quantitative estimate of drug-likeness (QED) is 0.337. The van der Waals surface area contributed by atoms with Crippen molar-refractivity contribution in [2.75, 3.05) is 0 Å². The van der Waals surface area contributed by atoms with E-state index in [-0.39, 0.29) is 11.9 Å². The molecule has 0 heterocycles. The van der Waals surface area contributed by atoms with Gasteiger partial charge < -0.3 is 4.74 Å². The van der Waals surface area contributed by atoms with Crippen molar-refractivity contribution in [3.63, 3.8) is 0 Å². The zero-order chi connectivity index (χ0) is 13.2. The van der Waals surface area contributed by atoms with Crippen molar-refractivity contribution in [1.29, 1.82) is 5.26 Å². The van der Waals surface area contributed by atoms with Gasteiger partial charge in [-0.25, -0.2) is 0 Å². The largest absolute Gasteiger partial charge is 0.434 e. The summed E-state index contributed by atoms with van der Waals surface area (Å²) in [6.45, 7) is 0. The van der Waals surface area contributed by atoms with Crippen molar-refractivity contribution in [1.82, 2.24) is 0 Å². The zero-order valence-corrected chi connectivity index (χ0v) is 11.0. The molecule has 0 radical (unpaired) electrons. The van der Waals surface area contributed by atoms with E-state index >= 15 is 0 Å². The maximum atomic E-state index is 12.2. The monoisotopic (exact) mass is 257 g/mol.